The molecule has 4 amide bonds. The molecule has 2 fully saturated rings. The number of aliphatic hydroxyl groups excluding tert-OH is 2. The number of nitrogens with two attached hydrogens (primary N) is 1. The number of carboxylic acid groups (broad SMARTS) is 1. The number of β-lactam (4-membered cyclic amide) rings is 1. The number of fused-ring (bicyclic) bond motifs is 2. The molecule has 3 aromatic heterocycles. The van der Waals surface area contributed by atoms with E-state index in [1.54, 1.807) is 7.05 Å². The van der Waals surface area contributed by atoms with Crippen molar-refractivity contribution in [2.24, 2.45) is 12.5 Å². The van der Waals surface area contributed by atoms with Crippen LogP contribution in [0.1, 0.15) is 38.0 Å². The number of hydrogen-bond donors (Lipinski definition) is 12. The van der Waals surface area contributed by atoms with E-state index in [1.165, 1.54) is 42.8 Å². The summed E-state index contributed by atoms with van der Waals surface area (Å²) < 4.78 is 75.4. The largest absolute Gasteiger partial charge is 0.508 e. The summed E-state index contributed by atoms with van der Waals surface area (Å²) in [7, 11) is -14.0. The molecule has 0 spiro atoms. The molecular weight excluding hydrogens is 1220 g/mol. The van der Waals surface area contributed by atoms with E-state index < -0.39 is 131 Å². The van der Waals surface area contributed by atoms with Gasteiger partial charge in [-0.2, -0.15) is 4.31 Å². The summed E-state index contributed by atoms with van der Waals surface area (Å²) in [5.74, 6) is -7.36. The molecule has 10 atom stereocenters. The number of phenolic OH excluding ortho intramolecular Hbond substituents is 1. The molecule has 1 aromatic carbocycles. The number of nitrogen functional groups attached to an aromatic ring is 1. The molecule has 0 radical (unpaired) electrons. The van der Waals surface area contributed by atoms with Crippen LogP contribution in [0.15, 0.2) is 53.3 Å². The molecule has 0 saturated carbocycles. The number of carbonyl (C=O) groups is 6. The van der Waals surface area contributed by atoms with E-state index >= 15 is 0 Å². The summed E-state index contributed by atoms with van der Waals surface area (Å²) in [6.45, 7) is -0.655. The molecule has 7 rings (SSSR count). The zero-order valence-corrected chi connectivity index (χ0v) is 47.8. The van der Waals surface area contributed by atoms with Crippen LogP contribution in [0.3, 0.4) is 0 Å². The van der Waals surface area contributed by atoms with Gasteiger partial charge < -0.3 is 75.9 Å². The molecule has 2 saturated heterocycles. The van der Waals surface area contributed by atoms with Crippen LogP contribution in [0.4, 0.5) is 5.82 Å². The second-order valence-electron chi connectivity index (χ2n) is 18.7. The number of aromatic hydroxyl groups is 1. The molecule has 3 aliphatic rings. The number of benzene rings is 1. The van der Waals surface area contributed by atoms with Gasteiger partial charge in [-0.15, -0.1) is 5.10 Å². The number of rotatable bonds is 28. The van der Waals surface area contributed by atoms with Gasteiger partial charge >= 0.3 is 29.4 Å². The highest BCUT2D eigenvalue weighted by molar-refractivity contribution is 8.13. The van der Waals surface area contributed by atoms with Crippen LogP contribution in [0.25, 0.3) is 11.2 Å². The lowest BCUT2D eigenvalue weighted by atomic mass is 9.87. The van der Waals surface area contributed by atoms with Crippen molar-refractivity contribution in [2.75, 3.05) is 57.3 Å². The number of amides is 4. The smallest absolute Gasteiger partial charge is 0.481 e. The number of methoxy groups -OCH3 is 1. The number of aliphatic hydroxyl groups is 2. The van der Waals surface area contributed by atoms with Crippen molar-refractivity contribution in [2.45, 2.75) is 73.9 Å². The third kappa shape index (κ3) is 15.1. The Kier molecular flexibility index (Phi) is 20.4. The van der Waals surface area contributed by atoms with Crippen LogP contribution < -0.4 is 21.7 Å². The van der Waals surface area contributed by atoms with Gasteiger partial charge in [-0.1, -0.05) is 49.5 Å². The number of imidazole rings is 1. The zero-order valence-electron chi connectivity index (χ0n) is 43.5. The van der Waals surface area contributed by atoms with Crippen LogP contribution in [0, 0.1) is 5.41 Å². The molecule has 3 aliphatic heterocycles. The maximum Gasteiger partial charge on any atom is 0.481 e. The van der Waals surface area contributed by atoms with Crippen molar-refractivity contribution in [3.8, 4) is 5.75 Å². The Morgan fingerprint density at radius 1 is 1.00 bits per heavy atom. The minimum absolute atomic E-state index is 0.00512. The highest BCUT2D eigenvalue weighted by Crippen LogP contribution is 2.61. The molecule has 0 bridgehead atoms. The van der Waals surface area contributed by atoms with E-state index in [4.69, 9.17) is 29.0 Å². The number of aliphatic carboxylic acids is 1. The molecule has 4 aromatic rings. The van der Waals surface area contributed by atoms with E-state index in [-0.39, 0.29) is 71.5 Å². The number of thioether (sulfide) groups is 2. The fourth-order valence-corrected chi connectivity index (χ4v) is 12.7. The lowest BCUT2D eigenvalue weighted by Crippen LogP contribution is -2.82. The summed E-state index contributed by atoms with van der Waals surface area (Å²) >= 11 is 1.69. The maximum atomic E-state index is 14.0. The van der Waals surface area contributed by atoms with E-state index in [9.17, 15) is 82.5 Å². The summed E-state index contributed by atoms with van der Waals surface area (Å²) in [5.41, 5.74) is 1.66. The van der Waals surface area contributed by atoms with Gasteiger partial charge in [0.1, 0.15) is 53.6 Å². The molecule has 10 unspecified atom stereocenters. The minimum Gasteiger partial charge on any atom is -0.508 e. The second kappa shape index (κ2) is 26.1. The van der Waals surface area contributed by atoms with E-state index in [2.05, 4.69) is 55.3 Å². The zero-order chi connectivity index (χ0) is 61.0. The first-order chi connectivity index (χ1) is 38.9. The Labute approximate surface area is 475 Å². The maximum absolute atomic E-state index is 14.0. The monoisotopic (exact) mass is 1270 g/mol. The number of hydrogen-bond acceptors (Lipinski definition) is 28. The van der Waals surface area contributed by atoms with Gasteiger partial charge in [0.15, 0.2) is 23.9 Å². The van der Waals surface area contributed by atoms with Gasteiger partial charge in [-0.3, -0.25) is 47.0 Å². The number of tetrazole rings is 1. The van der Waals surface area contributed by atoms with E-state index in [1.807, 2.05) is 0 Å². The fraction of sp³-hybridized carbons (Fsp3) is 0.512. The third-order valence-electron chi connectivity index (χ3n) is 12.4. The predicted octanol–water partition coefficient (Wildman–Crippen LogP) is -2.53. The van der Waals surface area contributed by atoms with Crippen molar-refractivity contribution in [3.05, 3.63) is 53.8 Å². The first kappa shape index (κ1) is 64.6. The Morgan fingerprint density at radius 2 is 1.70 bits per heavy atom. The molecule has 83 heavy (non-hydrogen) atoms. The van der Waals surface area contributed by atoms with Crippen LogP contribution in [-0.2, 0) is 81.6 Å². The number of carboxylic acids is 1. The van der Waals surface area contributed by atoms with Crippen molar-refractivity contribution in [3.63, 3.8) is 0 Å². The predicted molar refractivity (Wildman–Crippen MR) is 277 cm³/mol. The first-order valence-corrected chi connectivity index (χ1v) is 30.4. The lowest BCUT2D eigenvalue weighted by molar-refractivity contribution is -0.258. The minimum atomic E-state index is -5.67. The number of carbonyl (C=O) groups excluding carboxylic acids is 5. The summed E-state index contributed by atoms with van der Waals surface area (Å²) in [6.07, 6.45) is -9.01. The standard InChI is InChI=1S/C41H54N13O24P3S2/c1-40(2,16-75-81(70,71)78-80(68,69)74-14-22-28(77-79(65,66)67)27(57)34(76-22)53-18-47-25-30(42)45-17-46-31(25)53)29(58)33(60)44-10-9-23(56)43-11-12-82-36(63)24(19-5-7-21(55)8-6-19)32(59)48-41(72-4)37(64)54-26(35(61)62)20(13-73-38(41)54)15-83-39-49-50-51-52(39)3/h5-8,17-18,22,24,27-29,34,38,55,57-58H,9-16H2,1-4H3,(H,43,56)(H,44,60)(H,48,59)(H,61,62)(H,68,69)(H,70,71)(H2,42,45,46)(H2,65,66,67). The Bertz CT molecular complexity index is 3300. The quantitative estimate of drug-likeness (QED) is 0.00696. The van der Waals surface area contributed by atoms with Crippen molar-refractivity contribution < 1.29 is 115 Å². The number of aryl methyl sites for hydroxylation is 1. The van der Waals surface area contributed by atoms with E-state index in [0.29, 0.717) is 16.9 Å². The third-order valence-corrected chi connectivity index (χ3v) is 17.5. The molecule has 6 heterocycles. The van der Waals surface area contributed by atoms with Crippen LogP contribution in [0.2, 0.25) is 0 Å². The average molecular weight is 1270 g/mol. The Hall–Kier alpha value is -5.93. The van der Waals surface area contributed by atoms with Gasteiger partial charge in [-0.05, 0) is 33.7 Å². The number of aromatic nitrogens is 8. The number of phosphoric acid groups is 3. The lowest BCUT2D eigenvalue weighted by Gasteiger charge is -2.55. The number of phosphoric ester groups is 3. The number of anilines is 1. The summed E-state index contributed by atoms with van der Waals surface area (Å²) in [6, 6.07) is 4.99. The summed E-state index contributed by atoms with van der Waals surface area (Å²) in [5, 5.41) is 59.7. The van der Waals surface area contributed by atoms with Gasteiger partial charge in [-0.25, -0.2) is 38.1 Å². The first-order valence-electron chi connectivity index (χ1n) is 23.9. The highest BCUT2D eigenvalue weighted by atomic mass is 32.2. The van der Waals surface area contributed by atoms with Crippen LogP contribution >= 0.6 is 47.0 Å². The molecule has 13 N–H and O–H groups in total. The highest BCUT2D eigenvalue weighted by Gasteiger charge is 2.68. The van der Waals surface area contributed by atoms with Crippen molar-refractivity contribution in [1.82, 2.24) is 60.6 Å². The number of ether oxygens (including phenoxy) is 3. The van der Waals surface area contributed by atoms with Gasteiger partial charge in [0.05, 0.1) is 26.1 Å². The van der Waals surface area contributed by atoms with Gasteiger partial charge in [0.2, 0.25) is 28.0 Å². The topological polar surface area (TPSA) is 533 Å². The fourth-order valence-electron chi connectivity index (χ4n) is 8.23. The Morgan fingerprint density at radius 3 is 2.35 bits per heavy atom. The normalized spacial score (nSPS) is 23.1. The van der Waals surface area contributed by atoms with Crippen LogP contribution in [0.5, 0.6) is 5.75 Å². The van der Waals surface area contributed by atoms with Gasteiger partial charge in [0.25, 0.3) is 11.6 Å². The molecule has 0 aliphatic carbocycles. The molecule has 454 valence electrons. The van der Waals surface area contributed by atoms with Gasteiger partial charge in [0, 0.05) is 50.6 Å². The summed E-state index contributed by atoms with van der Waals surface area (Å²) in [4.78, 5) is 132. The second-order valence-corrected chi connectivity index (χ2v) is 24.9. The number of phenols is 1. The molecule has 37 nitrogen and oxygen atoms in total. The van der Waals surface area contributed by atoms with Crippen molar-refractivity contribution >= 4 is 98.7 Å². The van der Waals surface area contributed by atoms with Crippen molar-refractivity contribution in [1.29, 1.82) is 0 Å². The average Bonchev–Trinajstić information content (AvgIpc) is 2.64. The molecular formula is C41H54N13O24P3S2. The SMILES string of the molecule is COC1(NC(=O)C(C(=O)SCCNC(=O)CCNC(=O)C(O)C(C)(C)COP(=O)(O)OP(=O)(O)OCC2OC(n3cnc4c(N)ncnc43)C(O)C2OP(=O)(O)O)c2ccc(O)cc2)C(=O)N2C(C(=O)O)=C(CSc3nnnn3C)COC21. The molecule has 42 heteroatoms. The number of nitrogens with one attached hydrogen (secondary N) is 3. The number of nitrogens with zero attached hydrogens (tertiary/aromatic N) is 9. The van der Waals surface area contributed by atoms with Crippen LogP contribution in [-0.4, -0.2) is 207 Å². The van der Waals surface area contributed by atoms with E-state index in [0.717, 1.165) is 41.0 Å². The Balaban J connectivity index is 0.853.